The zero-order valence-corrected chi connectivity index (χ0v) is 22.6. The Hall–Kier alpha value is -4.38. The SMILES string of the molecule is Cc1ccc(C(=O)Nc2cc(C(F)(F)F)ccc2N(C)CCCN(C)C)cc1Oc1ncccc1-c1cnco1. The van der Waals surface area contributed by atoms with Crippen LogP contribution >= 0.6 is 0 Å². The topological polar surface area (TPSA) is 83.7 Å². The lowest BCUT2D eigenvalue weighted by atomic mass is 10.1. The Labute approximate surface area is 230 Å². The number of anilines is 2. The maximum atomic E-state index is 13.5. The Morgan fingerprint density at radius 2 is 1.88 bits per heavy atom. The predicted octanol–water partition coefficient (Wildman–Crippen LogP) is 6.50. The van der Waals surface area contributed by atoms with E-state index in [1.807, 2.05) is 30.8 Å². The van der Waals surface area contributed by atoms with Crippen molar-refractivity contribution in [1.29, 1.82) is 0 Å². The van der Waals surface area contributed by atoms with Crippen LogP contribution in [0.4, 0.5) is 24.5 Å². The summed E-state index contributed by atoms with van der Waals surface area (Å²) < 4.78 is 52.0. The molecule has 0 aliphatic rings. The molecule has 210 valence electrons. The number of carbonyl (C=O) groups excluding carboxylic acids is 1. The van der Waals surface area contributed by atoms with E-state index >= 15 is 0 Å². The fourth-order valence-electron chi connectivity index (χ4n) is 4.05. The number of oxazole rings is 1. The molecule has 40 heavy (non-hydrogen) atoms. The number of alkyl halides is 3. The molecule has 0 fully saturated rings. The molecule has 0 aliphatic carbocycles. The highest BCUT2D eigenvalue weighted by molar-refractivity contribution is 6.06. The lowest BCUT2D eigenvalue weighted by molar-refractivity contribution is -0.137. The number of amides is 1. The molecule has 8 nitrogen and oxygen atoms in total. The predicted molar refractivity (Wildman–Crippen MR) is 147 cm³/mol. The number of halogens is 3. The third-order valence-electron chi connectivity index (χ3n) is 6.21. The molecule has 2 heterocycles. The Balaban J connectivity index is 1.61. The lowest BCUT2D eigenvalue weighted by Gasteiger charge is -2.24. The monoisotopic (exact) mass is 553 g/mol. The minimum absolute atomic E-state index is 0.0625. The third kappa shape index (κ3) is 6.97. The second kappa shape index (κ2) is 12.2. The van der Waals surface area contributed by atoms with Crippen molar-refractivity contribution in [2.75, 3.05) is 44.4 Å². The van der Waals surface area contributed by atoms with Gasteiger partial charge in [-0.05, 0) is 82.0 Å². The molecule has 0 unspecified atom stereocenters. The largest absolute Gasteiger partial charge is 0.443 e. The molecule has 11 heteroatoms. The van der Waals surface area contributed by atoms with Gasteiger partial charge in [-0.1, -0.05) is 6.07 Å². The van der Waals surface area contributed by atoms with Gasteiger partial charge in [-0.3, -0.25) is 4.79 Å². The molecule has 2 aromatic carbocycles. The highest BCUT2D eigenvalue weighted by Gasteiger charge is 2.31. The minimum atomic E-state index is -4.56. The van der Waals surface area contributed by atoms with Gasteiger partial charge >= 0.3 is 6.18 Å². The van der Waals surface area contributed by atoms with Gasteiger partial charge in [0.15, 0.2) is 12.2 Å². The first-order valence-corrected chi connectivity index (χ1v) is 12.5. The number of pyridine rings is 1. The number of nitrogens with zero attached hydrogens (tertiary/aromatic N) is 4. The standard InChI is InChI=1S/C29H30F3N5O3/c1-19-8-9-20(15-25(19)40-28-22(7-5-12-34-28)26-17-33-18-39-26)27(38)35-23-16-21(29(30,31)32)10-11-24(23)37(4)14-6-13-36(2)3/h5,7-12,15-18H,6,13-14H2,1-4H3,(H,35,38). The van der Waals surface area contributed by atoms with Crippen LogP contribution in [-0.2, 0) is 6.18 Å². The number of carbonyl (C=O) groups is 1. The average molecular weight is 554 g/mol. The van der Waals surface area contributed by atoms with E-state index in [2.05, 4.69) is 15.3 Å². The fraction of sp³-hybridized carbons (Fsp3) is 0.276. The maximum Gasteiger partial charge on any atom is 0.416 e. The first-order valence-electron chi connectivity index (χ1n) is 12.5. The summed E-state index contributed by atoms with van der Waals surface area (Å²) in [6.45, 7) is 3.21. The van der Waals surface area contributed by atoms with E-state index in [1.54, 1.807) is 37.5 Å². The summed E-state index contributed by atoms with van der Waals surface area (Å²) in [5.74, 6) is 0.488. The van der Waals surface area contributed by atoms with Crippen LogP contribution in [0.15, 0.2) is 71.7 Å². The fourth-order valence-corrected chi connectivity index (χ4v) is 4.05. The van der Waals surface area contributed by atoms with Gasteiger partial charge in [-0.2, -0.15) is 13.2 Å². The number of rotatable bonds is 10. The van der Waals surface area contributed by atoms with Gasteiger partial charge in [0.2, 0.25) is 5.88 Å². The molecule has 0 aliphatic heterocycles. The second-order valence-corrected chi connectivity index (χ2v) is 9.57. The van der Waals surface area contributed by atoms with Gasteiger partial charge < -0.3 is 24.3 Å². The molecule has 0 bridgehead atoms. The van der Waals surface area contributed by atoms with Crippen molar-refractivity contribution in [2.45, 2.75) is 19.5 Å². The van der Waals surface area contributed by atoms with Crippen molar-refractivity contribution in [2.24, 2.45) is 0 Å². The Morgan fingerprint density at radius 1 is 1.07 bits per heavy atom. The van der Waals surface area contributed by atoms with Crippen LogP contribution in [0.25, 0.3) is 11.3 Å². The summed E-state index contributed by atoms with van der Waals surface area (Å²) in [6, 6.07) is 11.7. The van der Waals surface area contributed by atoms with Crippen molar-refractivity contribution in [3.8, 4) is 23.0 Å². The number of benzene rings is 2. The molecule has 2 aromatic heterocycles. The third-order valence-corrected chi connectivity index (χ3v) is 6.21. The second-order valence-electron chi connectivity index (χ2n) is 9.57. The van der Waals surface area contributed by atoms with Gasteiger partial charge in [0.05, 0.1) is 28.7 Å². The smallest absolute Gasteiger partial charge is 0.416 e. The van der Waals surface area contributed by atoms with Crippen LogP contribution in [0, 0.1) is 6.92 Å². The summed E-state index contributed by atoms with van der Waals surface area (Å²) in [4.78, 5) is 25.4. The Morgan fingerprint density at radius 3 is 2.58 bits per heavy atom. The van der Waals surface area contributed by atoms with Crippen molar-refractivity contribution in [3.05, 3.63) is 84.0 Å². The molecule has 1 amide bonds. The molecule has 4 aromatic rings. The van der Waals surface area contributed by atoms with Crippen LogP contribution < -0.4 is 15.0 Å². The van der Waals surface area contributed by atoms with E-state index in [-0.39, 0.29) is 17.1 Å². The summed E-state index contributed by atoms with van der Waals surface area (Å²) in [7, 11) is 5.68. The normalized spacial score (nSPS) is 11.5. The van der Waals surface area contributed by atoms with Gasteiger partial charge in [0, 0.05) is 25.4 Å². The Kier molecular flexibility index (Phi) is 8.73. The first-order chi connectivity index (χ1) is 19.0. The van der Waals surface area contributed by atoms with E-state index in [9.17, 15) is 18.0 Å². The molecule has 1 N–H and O–H groups in total. The van der Waals surface area contributed by atoms with E-state index in [1.165, 1.54) is 24.7 Å². The number of nitrogens with one attached hydrogen (secondary N) is 1. The molecular weight excluding hydrogens is 523 g/mol. The molecular formula is C29H30F3N5O3. The van der Waals surface area contributed by atoms with Gasteiger partial charge in [-0.25, -0.2) is 9.97 Å². The molecule has 0 atom stereocenters. The summed E-state index contributed by atoms with van der Waals surface area (Å²) in [5, 5.41) is 2.68. The molecule has 0 radical (unpaired) electrons. The van der Waals surface area contributed by atoms with Crippen molar-refractivity contribution in [1.82, 2.24) is 14.9 Å². The van der Waals surface area contributed by atoms with Crippen molar-refractivity contribution >= 4 is 17.3 Å². The van der Waals surface area contributed by atoms with E-state index in [4.69, 9.17) is 9.15 Å². The van der Waals surface area contributed by atoms with Gasteiger partial charge in [-0.15, -0.1) is 0 Å². The number of hydrogen-bond acceptors (Lipinski definition) is 7. The van der Waals surface area contributed by atoms with Crippen LogP contribution in [0.3, 0.4) is 0 Å². The number of aryl methyl sites for hydroxylation is 1. The Bertz CT molecular complexity index is 1460. The van der Waals surface area contributed by atoms with Gasteiger partial charge in [0.25, 0.3) is 5.91 Å². The highest BCUT2D eigenvalue weighted by Crippen LogP contribution is 2.36. The van der Waals surface area contributed by atoms with Crippen molar-refractivity contribution < 1.29 is 27.1 Å². The van der Waals surface area contributed by atoms with Crippen molar-refractivity contribution in [3.63, 3.8) is 0 Å². The van der Waals surface area contributed by atoms with Gasteiger partial charge in [0.1, 0.15) is 5.75 Å². The minimum Gasteiger partial charge on any atom is -0.443 e. The van der Waals surface area contributed by atoms with E-state index in [0.717, 1.165) is 30.7 Å². The van der Waals surface area contributed by atoms with E-state index < -0.39 is 17.6 Å². The molecule has 4 rings (SSSR count). The highest BCUT2D eigenvalue weighted by atomic mass is 19.4. The first kappa shape index (κ1) is 28.6. The van der Waals surface area contributed by atoms with Crippen LogP contribution in [0.1, 0.15) is 27.9 Å². The zero-order valence-electron chi connectivity index (χ0n) is 22.6. The summed E-state index contributed by atoms with van der Waals surface area (Å²) >= 11 is 0. The maximum absolute atomic E-state index is 13.5. The van der Waals surface area contributed by atoms with Crippen LogP contribution in [-0.4, -0.2) is 55.0 Å². The van der Waals surface area contributed by atoms with Crippen LogP contribution in [0.2, 0.25) is 0 Å². The lowest BCUT2D eigenvalue weighted by Crippen LogP contribution is -2.25. The number of hydrogen-bond donors (Lipinski definition) is 1. The number of aromatic nitrogens is 2. The molecule has 0 saturated carbocycles. The number of ether oxygens (including phenoxy) is 1. The zero-order chi connectivity index (χ0) is 28.9. The summed E-state index contributed by atoms with van der Waals surface area (Å²) in [5.41, 5.74) is 1.19. The van der Waals surface area contributed by atoms with E-state index in [0.29, 0.717) is 29.3 Å². The quantitative estimate of drug-likeness (QED) is 0.240. The summed E-state index contributed by atoms with van der Waals surface area (Å²) in [6.07, 6.45) is 0.622. The molecule has 0 saturated heterocycles. The molecule has 0 spiro atoms. The van der Waals surface area contributed by atoms with Crippen LogP contribution in [0.5, 0.6) is 11.6 Å². The average Bonchev–Trinajstić information content (AvgIpc) is 3.44.